The van der Waals surface area contributed by atoms with E-state index in [2.05, 4.69) is 4.99 Å². The molecule has 29 heavy (non-hydrogen) atoms. The van der Waals surface area contributed by atoms with Crippen molar-refractivity contribution in [1.82, 2.24) is 4.57 Å². The molecule has 1 amide bonds. The van der Waals surface area contributed by atoms with Crippen LogP contribution in [0, 0.1) is 11.6 Å². The number of carbonyl (C=O) groups is 2. The lowest BCUT2D eigenvalue weighted by Gasteiger charge is -2.09. The summed E-state index contributed by atoms with van der Waals surface area (Å²) in [5, 5.41) is 0. The topological polar surface area (TPSA) is 79.1 Å². The zero-order valence-corrected chi connectivity index (χ0v) is 16.5. The molecule has 0 fully saturated rings. The van der Waals surface area contributed by atoms with Crippen molar-refractivity contribution in [3.05, 3.63) is 52.3 Å². The highest BCUT2D eigenvalue weighted by atomic mass is 32.1. The van der Waals surface area contributed by atoms with Gasteiger partial charge in [0.1, 0.15) is 23.7 Å². The number of amides is 1. The van der Waals surface area contributed by atoms with E-state index in [4.69, 9.17) is 14.2 Å². The first-order valence-corrected chi connectivity index (χ1v) is 9.06. The number of hydrogen-bond donors (Lipinski definition) is 0. The van der Waals surface area contributed by atoms with E-state index >= 15 is 0 Å². The molecule has 1 heterocycles. The van der Waals surface area contributed by atoms with Crippen LogP contribution in [0.1, 0.15) is 10.4 Å². The summed E-state index contributed by atoms with van der Waals surface area (Å²) < 4.78 is 45.1. The summed E-state index contributed by atoms with van der Waals surface area (Å²) in [4.78, 5) is 28.3. The summed E-state index contributed by atoms with van der Waals surface area (Å²) in [6, 6.07) is 6.35. The summed E-state index contributed by atoms with van der Waals surface area (Å²) in [5.41, 5.74) is -0.261. The molecule has 3 rings (SSSR count). The minimum Gasteiger partial charge on any atom is -0.493 e. The Hall–Kier alpha value is -3.27. The molecule has 0 spiro atoms. The minimum atomic E-state index is -1.11. The fourth-order valence-corrected chi connectivity index (χ4v) is 3.71. The number of thiazole rings is 1. The highest BCUT2D eigenvalue weighted by Gasteiger charge is 2.19. The van der Waals surface area contributed by atoms with Gasteiger partial charge in [0.25, 0.3) is 5.91 Å². The van der Waals surface area contributed by atoms with Crippen LogP contribution in [0.25, 0.3) is 10.2 Å². The Bertz CT molecular complexity index is 1150. The van der Waals surface area contributed by atoms with E-state index in [1.165, 1.54) is 25.9 Å². The monoisotopic (exact) mass is 422 g/mol. The van der Waals surface area contributed by atoms with Gasteiger partial charge >= 0.3 is 5.97 Å². The molecule has 0 aliphatic rings. The van der Waals surface area contributed by atoms with Crippen LogP contribution in [-0.2, 0) is 16.1 Å². The number of esters is 1. The molecule has 10 heteroatoms. The van der Waals surface area contributed by atoms with Gasteiger partial charge in [-0.3, -0.25) is 9.59 Å². The van der Waals surface area contributed by atoms with Gasteiger partial charge in [0.05, 0.1) is 31.5 Å². The summed E-state index contributed by atoms with van der Waals surface area (Å²) >= 11 is 1.05. The van der Waals surface area contributed by atoms with Crippen LogP contribution in [0.4, 0.5) is 8.78 Å². The van der Waals surface area contributed by atoms with E-state index in [9.17, 15) is 18.4 Å². The highest BCUT2D eigenvalue weighted by molar-refractivity contribution is 7.16. The third-order valence-corrected chi connectivity index (χ3v) is 5.12. The van der Waals surface area contributed by atoms with Crippen molar-refractivity contribution in [2.45, 2.75) is 6.54 Å². The summed E-state index contributed by atoms with van der Waals surface area (Å²) in [6.07, 6.45) is 0. The second-order valence-electron chi connectivity index (χ2n) is 5.74. The van der Waals surface area contributed by atoms with Crippen molar-refractivity contribution in [3.63, 3.8) is 0 Å². The zero-order valence-electron chi connectivity index (χ0n) is 15.7. The quantitative estimate of drug-likeness (QED) is 0.591. The van der Waals surface area contributed by atoms with Crippen LogP contribution < -0.4 is 14.3 Å². The molecule has 7 nitrogen and oxygen atoms in total. The number of nitrogens with zero attached hydrogens (tertiary/aromatic N) is 2. The number of carbonyl (C=O) groups excluding carboxylic acids is 2. The zero-order chi connectivity index (χ0) is 21.1. The lowest BCUT2D eigenvalue weighted by molar-refractivity contribution is -0.141. The third-order valence-electron chi connectivity index (χ3n) is 4.08. The van der Waals surface area contributed by atoms with Crippen molar-refractivity contribution < 1.29 is 32.6 Å². The van der Waals surface area contributed by atoms with Gasteiger partial charge in [-0.25, -0.2) is 8.78 Å². The predicted octanol–water partition coefficient (Wildman–Crippen LogP) is 2.91. The number of hydrogen-bond acceptors (Lipinski definition) is 6. The number of ether oxygens (including phenoxy) is 3. The second kappa shape index (κ2) is 8.39. The van der Waals surface area contributed by atoms with Gasteiger partial charge in [0.15, 0.2) is 16.3 Å². The van der Waals surface area contributed by atoms with Gasteiger partial charge in [-0.2, -0.15) is 4.99 Å². The molecule has 0 atom stereocenters. The first-order chi connectivity index (χ1) is 13.9. The Balaban J connectivity index is 2.25. The molecule has 3 aromatic rings. The van der Waals surface area contributed by atoms with Crippen LogP contribution in [-0.4, -0.2) is 37.8 Å². The van der Waals surface area contributed by atoms with Crippen LogP contribution in [0.15, 0.2) is 35.3 Å². The molecular weight excluding hydrogens is 406 g/mol. The van der Waals surface area contributed by atoms with Gasteiger partial charge in [0, 0.05) is 12.1 Å². The number of halogens is 2. The maximum atomic E-state index is 13.9. The van der Waals surface area contributed by atoms with E-state index in [0.717, 1.165) is 29.5 Å². The van der Waals surface area contributed by atoms with Crippen molar-refractivity contribution in [3.8, 4) is 11.5 Å². The number of rotatable bonds is 5. The normalized spacial score (nSPS) is 11.6. The Kier molecular flexibility index (Phi) is 5.92. The molecule has 152 valence electrons. The Morgan fingerprint density at radius 2 is 1.69 bits per heavy atom. The molecule has 0 saturated carbocycles. The van der Waals surface area contributed by atoms with Crippen LogP contribution in [0.5, 0.6) is 11.5 Å². The molecule has 0 unspecified atom stereocenters. The van der Waals surface area contributed by atoms with Gasteiger partial charge in [-0.05, 0) is 12.1 Å². The maximum Gasteiger partial charge on any atom is 0.325 e. The van der Waals surface area contributed by atoms with Gasteiger partial charge in [-0.1, -0.05) is 17.4 Å². The average molecular weight is 422 g/mol. The van der Waals surface area contributed by atoms with Gasteiger partial charge < -0.3 is 18.8 Å². The molecule has 0 N–H and O–H groups in total. The molecule has 2 aromatic carbocycles. The van der Waals surface area contributed by atoms with Crippen molar-refractivity contribution in [2.75, 3.05) is 21.3 Å². The molecule has 0 aliphatic carbocycles. The lowest BCUT2D eigenvalue weighted by atomic mass is 10.2. The standard InChI is InChI=1S/C19H16F2N2O5S/c1-26-13-7-12-15(8-14(13)27-2)29-19(23(12)9-16(24)28-3)22-18(25)17-10(20)5-4-6-11(17)21/h4-8H,9H2,1-3H3. The molecular formula is C19H16F2N2O5S. The molecule has 0 radical (unpaired) electrons. The van der Waals surface area contributed by atoms with E-state index < -0.39 is 29.1 Å². The van der Waals surface area contributed by atoms with Crippen LogP contribution in [0.2, 0.25) is 0 Å². The Morgan fingerprint density at radius 3 is 2.28 bits per heavy atom. The third kappa shape index (κ3) is 3.97. The number of fused-ring (bicyclic) bond motifs is 1. The maximum absolute atomic E-state index is 13.9. The van der Waals surface area contributed by atoms with Gasteiger partial charge in [-0.15, -0.1) is 0 Å². The van der Waals surface area contributed by atoms with E-state index in [0.29, 0.717) is 21.7 Å². The second-order valence-corrected chi connectivity index (χ2v) is 6.74. The van der Waals surface area contributed by atoms with E-state index in [1.807, 2.05) is 0 Å². The largest absolute Gasteiger partial charge is 0.493 e. The van der Waals surface area contributed by atoms with Gasteiger partial charge in [0.2, 0.25) is 0 Å². The Labute approximate surface area is 167 Å². The highest BCUT2D eigenvalue weighted by Crippen LogP contribution is 2.33. The molecule has 0 aliphatic heterocycles. The number of benzene rings is 2. The predicted molar refractivity (Wildman–Crippen MR) is 101 cm³/mol. The number of methoxy groups -OCH3 is 3. The fraction of sp³-hybridized carbons (Fsp3) is 0.211. The lowest BCUT2D eigenvalue weighted by Crippen LogP contribution is -2.22. The summed E-state index contributed by atoms with van der Waals surface area (Å²) in [5.74, 6) is -2.92. The first kappa shape index (κ1) is 20.5. The van der Waals surface area contributed by atoms with Crippen molar-refractivity contribution >= 4 is 33.4 Å². The van der Waals surface area contributed by atoms with Crippen molar-refractivity contribution in [2.24, 2.45) is 4.99 Å². The summed E-state index contributed by atoms with van der Waals surface area (Å²) in [7, 11) is 4.14. The smallest absolute Gasteiger partial charge is 0.325 e. The molecule has 0 bridgehead atoms. The van der Waals surface area contributed by atoms with Crippen LogP contribution in [0.3, 0.4) is 0 Å². The SMILES string of the molecule is COC(=O)Cn1c(=NC(=O)c2c(F)cccc2F)sc2cc(OC)c(OC)cc21. The minimum absolute atomic E-state index is 0.0633. The molecule has 1 aromatic heterocycles. The first-order valence-electron chi connectivity index (χ1n) is 8.24. The fourth-order valence-electron chi connectivity index (χ4n) is 2.67. The van der Waals surface area contributed by atoms with E-state index in [-0.39, 0.29) is 11.3 Å². The average Bonchev–Trinajstić information content (AvgIpc) is 3.02. The number of aromatic nitrogens is 1. The van der Waals surface area contributed by atoms with Crippen LogP contribution >= 0.6 is 11.3 Å². The molecule has 0 saturated heterocycles. The summed E-state index contributed by atoms with van der Waals surface area (Å²) in [6.45, 7) is -0.266. The van der Waals surface area contributed by atoms with Crippen molar-refractivity contribution in [1.29, 1.82) is 0 Å². The Morgan fingerprint density at radius 1 is 1.07 bits per heavy atom. The van der Waals surface area contributed by atoms with E-state index in [1.54, 1.807) is 12.1 Å².